The Morgan fingerprint density at radius 1 is 0.625 bits per heavy atom. The van der Waals surface area contributed by atoms with Crippen LogP contribution in [-0.4, -0.2) is 29.7 Å². The molecule has 9 nitrogen and oxygen atoms in total. The van der Waals surface area contributed by atoms with Gasteiger partial charge in [-0.3, -0.25) is 24.0 Å². The Kier molecular flexibility index (Phi) is 8.23. The van der Waals surface area contributed by atoms with Crippen LogP contribution in [-0.2, 0) is 25.6 Å². The molecule has 0 atom stereocenters. The second kappa shape index (κ2) is 10.9. The molecule has 0 aromatic heterocycles. The van der Waals surface area contributed by atoms with E-state index in [0.29, 0.717) is 5.56 Å². The Morgan fingerprint density at radius 2 is 1.19 bits per heavy atom. The SMILES string of the molecule is CC(=O)Oc1ccc(CCC(=O)c2ccc(OC(C)=O)c(OC(C)=O)c2)c(OC(C)=O)c1. The summed E-state index contributed by atoms with van der Waals surface area (Å²) in [4.78, 5) is 57.8. The van der Waals surface area contributed by atoms with E-state index in [1.807, 2.05) is 0 Å². The van der Waals surface area contributed by atoms with Crippen LogP contribution < -0.4 is 18.9 Å². The molecule has 2 aromatic rings. The van der Waals surface area contributed by atoms with Crippen molar-refractivity contribution in [1.82, 2.24) is 0 Å². The Morgan fingerprint density at radius 3 is 1.78 bits per heavy atom. The third-order valence-corrected chi connectivity index (χ3v) is 3.95. The zero-order valence-electron chi connectivity index (χ0n) is 18.1. The molecule has 2 rings (SSSR count). The van der Waals surface area contributed by atoms with Crippen LogP contribution in [0.25, 0.3) is 0 Å². The second-order valence-corrected chi connectivity index (χ2v) is 6.73. The van der Waals surface area contributed by atoms with Crippen molar-refractivity contribution >= 4 is 29.7 Å². The van der Waals surface area contributed by atoms with Gasteiger partial charge in [-0.05, 0) is 36.2 Å². The molecule has 9 heteroatoms. The molecule has 0 saturated heterocycles. The lowest BCUT2D eigenvalue weighted by atomic mass is 10.0. The number of carbonyl (C=O) groups excluding carboxylic acids is 5. The molecule has 0 aliphatic carbocycles. The highest BCUT2D eigenvalue weighted by atomic mass is 16.6. The number of rotatable bonds is 8. The normalized spacial score (nSPS) is 10.1. The summed E-state index contributed by atoms with van der Waals surface area (Å²) in [5, 5.41) is 0. The van der Waals surface area contributed by atoms with E-state index in [2.05, 4.69) is 0 Å². The van der Waals surface area contributed by atoms with Crippen molar-refractivity contribution in [2.75, 3.05) is 0 Å². The minimum Gasteiger partial charge on any atom is -0.427 e. The van der Waals surface area contributed by atoms with Crippen LogP contribution in [0.1, 0.15) is 50.0 Å². The molecule has 0 saturated carbocycles. The number of hydrogen-bond donors (Lipinski definition) is 0. The number of Topliss-reactive ketones (excluding diaryl/α,β-unsaturated/α-hetero) is 1. The number of ketones is 1. The van der Waals surface area contributed by atoms with Gasteiger partial charge in [0.05, 0.1) is 0 Å². The standard InChI is InChI=1S/C23H22O9/c1-13(24)29-19-8-5-17(22(12-19)31-15(3)26)6-9-20(28)18-7-10-21(30-14(2)25)23(11-18)32-16(4)27/h5,7-8,10-12H,6,9H2,1-4H3. The van der Waals surface area contributed by atoms with Crippen molar-refractivity contribution in [3.8, 4) is 23.0 Å². The van der Waals surface area contributed by atoms with Crippen LogP contribution in [0.5, 0.6) is 23.0 Å². The molecule has 0 aliphatic rings. The van der Waals surface area contributed by atoms with Crippen LogP contribution in [0.3, 0.4) is 0 Å². The average molecular weight is 442 g/mol. The lowest BCUT2D eigenvalue weighted by molar-refractivity contribution is -0.134. The monoisotopic (exact) mass is 442 g/mol. The van der Waals surface area contributed by atoms with Gasteiger partial charge in [-0.2, -0.15) is 0 Å². The first-order chi connectivity index (χ1) is 15.0. The fourth-order valence-corrected chi connectivity index (χ4v) is 2.77. The molecular formula is C23H22O9. The van der Waals surface area contributed by atoms with E-state index < -0.39 is 23.9 Å². The van der Waals surface area contributed by atoms with Gasteiger partial charge in [-0.25, -0.2) is 0 Å². The van der Waals surface area contributed by atoms with E-state index in [0.717, 1.165) is 0 Å². The van der Waals surface area contributed by atoms with Crippen molar-refractivity contribution in [3.63, 3.8) is 0 Å². The number of ether oxygens (including phenoxy) is 4. The van der Waals surface area contributed by atoms with E-state index in [9.17, 15) is 24.0 Å². The van der Waals surface area contributed by atoms with Crippen LogP contribution in [0, 0.1) is 0 Å². The molecule has 0 bridgehead atoms. The molecule has 0 amide bonds. The molecule has 0 aliphatic heterocycles. The summed E-state index contributed by atoms with van der Waals surface area (Å²) in [6.45, 7) is 4.86. The minimum absolute atomic E-state index is 0.0162. The van der Waals surface area contributed by atoms with Crippen LogP contribution in [0.2, 0.25) is 0 Å². The number of aryl methyl sites for hydroxylation is 1. The van der Waals surface area contributed by atoms with Gasteiger partial charge in [0, 0.05) is 45.7 Å². The lowest BCUT2D eigenvalue weighted by Gasteiger charge is -2.12. The van der Waals surface area contributed by atoms with Gasteiger partial charge in [0.15, 0.2) is 17.3 Å². The van der Waals surface area contributed by atoms with Crippen LogP contribution in [0.15, 0.2) is 36.4 Å². The van der Waals surface area contributed by atoms with Gasteiger partial charge < -0.3 is 18.9 Å². The van der Waals surface area contributed by atoms with E-state index in [-0.39, 0.29) is 47.2 Å². The maximum Gasteiger partial charge on any atom is 0.308 e. The summed E-state index contributed by atoms with van der Waals surface area (Å²) in [7, 11) is 0. The average Bonchev–Trinajstić information content (AvgIpc) is 2.66. The molecule has 32 heavy (non-hydrogen) atoms. The zero-order valence-corrected chi connectivity index (χ0v) is 18.1. The van der Waals surface area contributed by atoms with E-state index >= 15 is 0 Å². The van der Waals surface area contributed by atoms with E-state index in [4.69, 9.17) is 18.9 Å². The summed E-state index contributed by atoms with van der Waals surface area (Å²) in [6.07, 6.45) is 0.254. The lowest BCUT2D eigenvalue weighted by Crippen LogP contribution is -2.09. The van der Waals surface area contributed by atoms with E-state index in [1.54, 1.807) is 6.07 Å². The largest absolute Gasteiger partial charge is 0.427 e. The minimum atomic E-state index is -0.637. The fourth-order valence-electron chi connectivity index (χ4n) is 2.77. The Balaban J connectivity index is 2.22. The molecule has 2 aromatic carbocycles. The maximum absolute atomic E-state index is 12.7. The van der Waals surface area contributed by atoms with Gasteiger partial charge in [-0.15, -0.1) is 0 Å². The fraction of sp³-hybridized carbons (Fsp3) is 0.261. The Hall–Kier alpha value is -4.01. The van der Waals surface area contributed by atoms with Crippen molar-refractivity contribution in [1.29, 1.82) is 0 Å². The highest BCUT2D eigenvalue weighted by Gasteiger charge is 2.16. The summed E-state index contributed by atoms with van der Waals surface area (Å²) in [6, 6.07) is 8.66. The zero-order chi connectivity index (χ0) is 23.8. The van der Waals surface area contributed by atoms with Crippen molar-refractivity contribution < 1.29 is 42.9 Å². The maximum atomic E-state index is 12.7. The molecule has 168 valence electrons. The van der Waals surface area contributed by atoms with Gasteiger partial charge in [-0.1, -0.05) is 6.07 Å². The predicted molar refractivity (Wildman–Crippen MR) is 111 cm³/mol. The topological polar surface area (TPSA) is 122 Å². The summed E-state index contributed by atoms with van der Waals surface area (Å²) < 4.78 is 20.2. The van der Waals surface area contributed by atoms with Gasteiger partial charge in [0.2, 0.25) is 0 Å². The molecule has 0 N–H and O–H groups in total. The van der Waals surface area contributed by atoms with Crippen molar-refractivity contribution in [2.45, 2.75) is 40.5 Å². The summed E-state index contributed by atoms with van der Waals surface area (Å²) in [5.41, 5.74) is 0.795. The molecule has 0 fully saturated rings. The van der Waals surface area contributed by atoms with Crippen molar-refractivity contribution in [3.05, 3.63) is 47.5 Å². The number of carbonyl (C=O) groups is 5. The number of esters is 4. The smallest absolute Gasteiger partial charge is 0.308 e. The highest BCUT2D eigenvalue weighted by molar-refractivity contribution is 5.97. The summed E-state index contributed by atoms with van der Waals surface area (Å²) >= 11 is 0. The molecule has 0 radical (unpaired) electrons. The first-order valence-corrected chi connectivity index (χ1v) is 9.59. The van der Waals surface area contributed by atoms with Gasteiger partial charge in [0.1, 0.15) is 11.5 Å². The van der Waals surface area contributed by atoms with Gasteiger partial charge >= 0.3 is 23.9 Å². The predicted octanol–water partition coefficient (Wildman–Crippen LogP) is 3.20. The summed E-state index contributed by atoms with van der Waals surface area (Å²) in [5.74, 6) is -2.27. The Bertz CT molecular complexity index is 1070. The third kappa shape index (κ3) is 7.35. The quantitative estimate of drug-likeness (QED) is 0.344. The molecule has 0 heterocycles. The molecule has 0 unspecified atom stereocenters. The van der Waals surface area contributed by atoms with Crippen LogP contribution in [0.4, 0.5) is 0 Å². The number of benzene rings is 2. The molecular weight excluding hydrogens is 420 g/mol. The highest BCUT2D eigenvalue weighted by Crippen LogP contribution is 2.30. The van der Waals surface area contributed by atoms with Gasteiger partial charge in [0.25, 0.3) is 0 Å². The second-order valence-electron chi connectivity index (χ2n) is 6.73. The Labute approximate surface area is 184 Å². The van der Waals surface area contributed by atoms with Crippen molar-refractivity contribution in [2.24, 2.45) is 0 Å². The third-order valence-electron chi connectivity index (χ3n) is 3.95. The first-order valence-electron chi connectivity index (χ1n) is 9.59. The number of hydrogen-bond acceptors (Lipinski definition) is 9. The van der Waals surface area contributed by atoms with Crippen LogP contribution >= 0.6 is 0 Å². The first kappa shape index (κ1) is 24.3. The van der Waals surface area contributed by atoms with E-state index in [1.165, 1.54) is 58.0 Å². The molecule has 0 spiro atoms.